The lowest BCUT2D eigenvalue weighted by molar-refractivity contribution is 0.987. The fourth-order valence-electron chi connectivity index (χ4n) is 1.73. The minimum absolute atomic E-state index is 0.518. The molecule has 94 valence electrons. The van der Waals surface area contributed by atoms with E-state index in [0.29, 0.717) is 17.3 Å². The van der Waals surface area contributed by atoms with Crippen LogP contribution in [0.4, 0.5) is 5.82 Å². The van der Waals surface area contributed by atoms with Crippen LogP contribution in [0.5, 0.6) is 0 Å². The number of nitrogens with zero attached hydrogens (tertiary/aromatic N) is 3. The molecule has 0 fully saturated rings. The molecule has 0 saturated carbocycles. The van der Waals surface area contributed by atoms with E-state index in [1.807, 2.05) is 47.8 Å². The third kappa shape index (κ3) is 2.31. The number of benzene rings is 1. The lowest BCUT2D eigenvalue weighted by Gasteiger charge is -2.07. The van der Waals surface area contributed by atoms with Gasteiger partial charge in [-0.25, -0.2) is 10.8 Å². The Morgan fingerprint density at radius 1 is 1.00 bits per heavy atom. The third-order valence-electron chi connectivity index (χ3n) is 2.61. The summed E-state index contributed by atoms with van der Waals surface area (Å²) in [6.07, 6.45) is 0. The van der Waals surface area contributed by atoms with Crippen LogP contribution < -0.4 is 11.3 Å². The van der Waals surface area contributed by atoms with Crippen molar-refractivity contribution in [2.75, 3.05) is 5.43 Å². The first kappa shape index (κ1) is 11.8. The summed E-state index contributed by atoms with van der Waals surface area (Å²) in [4.78, 5) is 5.37. The van der Waals surface area contributed by atoms with Crippen molar-refractivity contribution in [1.82, 2.24) is 15.2 Å². The monoisotopic (exact) mass is 269 g/mol. The zero-order chi connectivity index (χ0) is 13.1. The van der Waals surface area contributed by atoms with E-state index in [1.54, 1.807) is 11.3 Å². The SMILES string of the molecule is NNc1nc(-c2cccs2)nnc1-c1ccccc1. The summed E-state index contributed by atoms with van der Waals surface area (Å²) in [5.74, 6) is 6.62. The van der Waals surface area contributed by atoms with Crippen molar-refractivity contribution in [3.8, 4) is 22.0 Å². The average Bonchev–Trinajstić information content (AvgIpc) is 3.02. The number of rotatable bonds is 3. The van der Waals surface area contributed by atoms with Crippen molar-refractivity contribution in [3.05, 3.63) is 47.8 Å². The molecule has 0 radical (unpaired) electrons. The number of nitrogens with one attached hydrogen (secondary N) is 1. The van der Waals surface area contributed by atoms with Gasteiger partial charge in [0.25, 0.3) is 0 Å². The summed E-state index contributed by atoms with van der Waals surface area (Å²) < 4.78 is 0. The Morgan fingerprint density at radius 3 is 2.53 bits per heavy atom. The zero-order valence-electron chi connectivity index (χ0n) is 9.95. The van der Waals surface area contributed by atoms with E-state index in [9.17, 15) is 0 Å². The fraction of sp³-hybridized carbons (Fsp3) is 0. The van der Waals surface area contributed by atoms with Gasteiger partial charge >= 0.3 is 0 Å². The normalized spacial score (nSPS) is 10.4. The topological polar surface area (TPSA) is 76.7 Å². The standard InChI is InChI=1S/C13H11N5S/c14-16-13-11(9-5-2-1-3-6-9)17-18-12(15-13)10-7-4-8-19-10/h1-8H,14H2,(H,15,16,18). The fourth-order valence-corrected chi connectivity index (χ4v) is 2.38. The number of aromatic nitrogens is 3. The lowest BCUT2D eigenvalue weighted by atomic mass is 10.1. The molecule has 0 bridgehead atoms. The molecular formula is C13H11N5S. The van der Waals surface area contributed by atoms with Gasteiger partial charge in [-0.2, -0.15) is 0 Å². The molecule has 5 nitrogen and oxygen atoms in total. The number of hydrogen-bond donors (Lipinski definition) is 2. The van der Waals surface area contributed by atoms with Crippen LogP contribution in [0.15, 0.2) is 47.8 Å². The summed E-state index contributed by atoms with van der Waals surface area (Å²) >= 11 is 1.56. The van der Waals surface area contributed by atoms with Crippen LogP contribution >= 0.6 is 11.3 Å². The number of nitrogen functional groups attached to an aromatic ring is 1. The molecule has 0 aliphatic rings. The molecule has 3 aromatic rings. The number of hydrazine groups is 1. The second-order valence-electron chi connectivity index (χ2n) is 3.82. The smallest absolute Gasteiger partial charge is 0.193 e. The molecule has 0 atom stereocenters. The number of hydrogen-bond acceptors (Lipinski definition) is 6. The highest BCUT2D eigenvalue weighted by molar-refractivity contribution is 7.13. The van der Waals surface area contributed by atoms with Gasteiger partial charge in [-0.05, 0) is 11.4 Å². The second-order valence-corrected chi connectivity index (χ2v) is 4.77. The van der Waals surface area contributed by atoms with E-state index in [-0.39, 0.29) is 0 Å². The summed E-state index contributed by atoms with van der Waals surface area (Å²) in [6, 6.07) is 13.6. The maximum absolute atomic E-state index is 5.53. The first-order valence-corrected chi connectivity index (χ1v) is 6.57. The number of anilines is 1. The molecule has 3 rings (SSSR count). The van der Waals surface area contributed by atoms with Gasteiger partial charge in [0.05, 0.1) is 4.88 Å². The van der Waals surface area contributed by atoms with Crippen molar-refractivity contribution in [1.29, 1.82) is 0 Å². The van der Waals surface area contributed by atoms with Crippen molar-refractivity contribution in [2.24, 2.45) is 5.84 Å². The van der Waals surface area contributed by atoms with Crippen LogP contribution in [0.3, 0.4) is 0 Å². The Kier molecular flexibility index (Phi) is 3.18. The predicted octanol–water partition coefficient (Wildman–Crippen LogP) is 2.55. The molecule has 2 aromatic heterocycles. The van der Waals surface area contributed by atoms with Crippen molar-refractivity contribution >= 4 is 17.2 Å². The van der Waals surface area contributed by atoms with Gasteiger partial charge in [0, 0.05) is 5.56 Å². The molecule has 1 aromatic carbocycles. The Bertz CT molecular complexity index is 667. The molecule has 0 amide bonds. The molecule has 0 aliphatic carbocycles. The Morgan fingerprint density at radius 2 is 1.84 bits per heavy atom. The number of nitrogens with two attached hydrogens (primary N) is 1. The van der Waals surface area contributed by atoms with E-state index >= 15 is 0 Å². The van der Waals surface area contributed by atoms with Gasteiger partial charge in [0.2, 0.25) is 0 Å². The zero-order valence-corrected chi connectivity index (χ0v) is 10.8. The van der Waals surface area contributed by atoms with E-state index < -0.39 is 0 Å². The molecule has 19 heavy (non-hydrogen) atoms. The van der Waals surface area contributed by atoms with Gasteiger partial charge in [0.15, 0.2) is 11.6 Å². The highest BCUT2D eigenvalue weighted by Gasteiger charge is 2.11. The van der Waals surface area contributed by atoms with E-state index in [0.717, 1.165) is 10.4 Å². The van der Waals surface area contributed by atoms with Crippen LogP contribution in [0.25, 0.3) is 22.0 Å². The van der Waals surface area contributed by atoms with Gasteiger partial charge in [-0.15, -0.1) is 21.5 Å². The van der Waals surface area contributed by atoms with Gasteiger partial charge < -0.3 is 5.43 Å². The first-order chi connectivity index (χ1) is 9.38. The van der Waals surface area contributed by atoms with Crippen molar-refractivity contribution in [3.63, 3.8) is 0 Å². The second kappa shape index (κ2) is 5.13. The van der Waals surface area contributed by atoms with Crippen molar-refractivity contribution in [2.45, 2.75) is 0 Å². The molecule has 0 aliphatic heterocycles. The molecule has 0 spiro atoms. The largest absolute Gasteiger partial charge is 0.307 e. The Labute approximate surface area is 114 Å². The molecule has 6 heteroatoms. The predicted molar refractivity (Wildman–Crippen MR) is 76.4 cm³/mol. The van der Waals surface area contributed by atoms with Crippen LogP contribution in [-0.2, 0) is 0 Å². The van der Waals surface area contributed by atoms with Crippen LogP contribution in [0, 0.1) is 0 Å². The molecule has 2 heterocycles. The quantitative estimate of drug-likeness (QED) is 0.564. The molecule has 0 saturated heterocycles. The first-order valence-electron chi connectivity index (χ1n) is 5.69. The molecule has 0 unspecified atom stereocenters. The van der Waals surface area contributed by atoms with Crippen molar-refractivity contribution < 1.29 is 0 Å². The van der Waals surface area contributed by atoms with E-state index in [2.05, 4.69) is 20.6 Å². The maximum Gasteiger partial charge on any atom is 0.193 e. The maximum atomic E-state index is 5.53. The van der Waals surface area contributed by atoms with Gasteiger partial charge in [-0.3, -0.25) is 0 Å². The average molecular weight is 269 g/mol. The summed E-state index contributed by atoms with van der Waals surface area (Å²) in [6.45, 7) is 0. The van der Waals surface area contributed by atoms with Crippen LogP contribution in [0.1, 0.15) is 0 Å². The molecular weight excluding hydrogens is 258 g/mol. The highest BCUT2D eigenvalue weighted by Crippen LogP contribution is 2.26. The molecule has 3 N–H and O–H groups in total. The van der Waals surface area contributed by atoms with E-state index in [4.69, 9.17) is 5.84 Å². The highest BCUT2D eigenvalue weighted by atomic mass is 32.1. The summed E-state index contributed by atoms with van der Waals surface area (Å²) in [7, 11) is 0. The minimum Gasteiger partial charge on any atom is -0.307 e. The summed E-state index contributed by atoms with van der Waals surface area (Å²) in [5.41, 5.74) is 4.15. The summed E-state index contributed by atoms with van der Waals surface area (Å²) in [5, 5.41) is 10.4. The van der Waals surface area contributed by atoms with E-state index in [1.165, 1.54) is 0 Å². The number of thiophene rings is 1. The van der Waals surface area contributed by atoms with Gasteiger partial charge in [-0.1, -0.05) is 36.4 Å². The lowest BCUT2D eigenvalue weighted by Crippen LogP contribution is -2.12. The van der Waals surface area contributed by atoms with Gasteiger partial charge in [0.1, 0.15) is 5.69 Å². The Hall–Kier alpha value is -2.31. The Balaban J connectivity index is 2.08. The minimum atomic E-state index is 0.518. The van der Waals surface area contributed by atoms with Crippen LogP contribution in [0.2, 0.25) is 0 Å². The van der Waals surface area contributed by atoms with Crippen LogP contribution in [-0.4, -0.2) is 15.2 Å². The third-order valence-corrected chi connectivity index (χ3v) is 3.48.